The van der Waals surface area contributed by atoms with Crippen LogP contribution in [0.2, 0.25) is 0 Å². The molecule has 1 atom stereocenters. The SMILES string of the molecule is C=CC(=O)Nc1ccc(C(=O)N2CCC[C@@H](Cc3nccc(-c4cnn(C)c4)n3)C2)cc1. The molecule has 0 bridgehead atoms. The number of nitrogens with zero attached hydrogens (tertiary/aromatic N) is 5. The largest absolute Gasteiger partial charge is 0.338 e. The molecule has 1 aromatic carbocycles. The van der Waals surface area contributed by atoms with Crippen molar-refractivity contribution in [3.63, 3.8) is 0 Å². The quantitative estimate of drug-likeness (QED) is 0.607. The molecule has 2 amide bonds. The molecule has 1 aliphatic rings. The van der Waals surface area contributed by atoms with Crippen LogP contribution in [0.25, 0.3) is 11.3 Å². The number of benzene rings is 1. The summed E-state index contributed by atoms with van der Waals surface area (Å²) in [6.07, 6.45) is 9.43. The maximum atomic E-state index is 13.0. The zero-order valence-electron chi connectivity index (χ0n) is 18.1. The molecule has 164 valence electrons. The smallest absolute Gasteiger partial charge is 0.253 e. The summed E-state index contributed by atoms with van der Waals surface area (Å²) in [5.41, 5.74) is 3.06. The lowest BCUT2D eigenvalue weighted by molar-refractivity contribution is -0.111. The van der Waals surface area contributed by atoms with E-state index in [1.165, 1.54) is 6.08 Å². The highest BCUT2D eigenvalue weighted by Crippen LogP contribution is 2.23. The lowest BCUT2D eigenvalue weighted by Gasteiger charge is -2.32. The molecule has 8 nitrogen and oxygen atoms in total. The van der Waals surface area contributed by atoms with Crippen molar-refractivity contribution in [3.05, 3.63) is 73.0 Å². The third-order valence-corrected chi connectivity index (χ3v) is 5.57. The van der Waals surface area contributed by atoms with Crippen molar-refractivity contribution in [3.8, 4) is 11.3 Å². The van der Waals surface area contributed by atoms with Gasteiger partial charge in [-0.2, -0.15) is 5.10 Å². The van der Waals surface area contributed by atoms with Crippen molar-refractivity contribution < 1.29 is 9.59 Å². The molecule has 3 aromatic rings. The highest BCUT2D eigenvalue weighted by molar-refractivity contribution is 5.99. The standard InChI is InChI=1S/C24H26N6O2/c1-3-23(31)27-20-8-6-18(7-9-20)24(32)30-12-4-5-17(15-30)13-22-25-11-10-21(28-22)19-14-26-29(2)16-19/h3,6-11,14,16-17H,1,4-5,12-13,15H2,2H3,(H,27,31)/t17-/m0/s1. The molecule has 1 fully saturated rings. The third-order valence-electron chi connectivity index (χ3n) is 5.57. The lowest BCUT2D eigenvalue weighted by atomic mass is 9.94. The molecule has 0 spiro atoms. The molecule has 1 saturated heterocycles. The van der Waals surface area contributed by atoms with Gasteiger partial charge in [0.2, 0.25) is 5.91 Å². The van der Waals surface area contributed by atoms with Crippen molar-refractivity contribution in [2.45, 2.75) is 19.3 Å². The van der Waals surface area contributed by atoms with Crippen molar-refractivity contribution in [2.75, 3.05) is 18.4 Å². The fraction of sp³-hybridized carbons (Fsp3) is 0.292. The summed E-state index contributed by atoms with van der Waals surface area (Å²) in [7, 11) is 1.88. The molecule has 0 radical (unpaired) electrons. The van der Waals surface area contributed by atoms with Gasteiger partial charge in [-0.15, -0.1) is 0 Å². The Hall–Kier alpha value is -3.81. The van der Waals surface area contributed by atoms with Crippen LogP contribution >= 0.6 is 0 Å². The van der Waals surface area contributed by atoms with Gasteiger partial charge in [-0.1, -0.05) is 6.58 Å². The first-order valence-corrected chi connectivity index (χ1v) is 10.7. The van der Waals surface area contributed by atoms with Crippen LogP contribution in [0, 0.1) is 5.92 Å². The number of anilines is 1. The van der Waals surface area contributed by atoms with E-state index in [1.807, 2.05) is 24.2 Å². The van der Waals surface area contributed by atoms with Gasteiger partial charge in [-0.25, -0.2) is 9.97 Å². The average molecular weight is 431 g/mol. The fourth-order valence-electron chi connectivity index (χ4n) is 3.96. The maximum Gasteiger partial charge on any atom is 0.253 e. The Morgan fingerprint density at radius 1 is 1.25 bits per heavy atom. The molecule has 8 heteroatoms. The summed E-state index contributed by atoms with van der Waals surface area (Å²) in [4.78, 5) is 35.5. The summed E-state index contributed by atoms with van der Waals surface area (Å²) in [6.45, 7) is 4.85. The second kappa shape index (κ2) is 9.55. The number of hydrogen-bond acceptors (Lipinski definition) is 5. The first kappa shape index (κ1) is 21.4. The minimum absolute atomic E-state index is 0.00123. The monoisotopic (exact) mass is 430 g/mol. The van der Waals surface area contributed by atoms with Crippen LogP contribution in [0.4, 0.5) is 5.69 Å². The number of amides is 2. The van der Waals surface area contributed by atoms with E-state index in [0.29, 0.717) is 23.7 Å². The number of hydrogen-bond donors (Lipinski definition) is 1. The summed E-state index contributed by atoms with van der Waals surface area (Å²) in [5, 5.41) is 6.90. The molecule has 0 aliphatic carbocycles. The topological polar surface area (TPSA) is 93.0 Å². The van der Waals surface area contributed by atoms with Crippen molar-refractivity contribution in [2.24, 2.45) is 13.0 Å². The second-order valence-corrected chi connectivity index (χ2v) is 8.00. The van der Waals surface area contributed by atoms with Gasteiger partial charge in [0, 0.05) is 55.8 Å². The number of rotatable bonds is 6. The van der Waals surface area contributed by atoms with Gasteiger partial charge in [-0.05, 0) is 55.2 Å². The zero-order chi connectivity index (χ0) is 22.5. The number of piperidine rings is 1. The number of aromatic nitrogens is 4. The van der Waals surface area contributed by atoms with Crippen LogP contribution < -0.4 is 5.32 Å². The Bertz CT molecular complexity index is 1120. The molecule has 0 saturated carbocycles. The molecule has 2 aromatic heterocycles. The molecule has 1 aliphatic heterocycles. The predicted octanol–water partition coefficient (Wildman–Crippen LogP) is 3.10. The van der Waals surface area contributed by atoms with E-state index in [-0.39, 0.29) is 11.8 Å². The normalized spacial score (nSPS) is 15.9. The van der Waals surface area contributed by atoms with E-state index in [1.54, 1.807) is 41.3 Å². The van der Waals surface area contributed by atoms with E-state index >= 15 is 0 Å². The molecule has 32 heavy (non-hydrogen) atoms. The minimum Gasteiger partial charge on any atom is -0.338 e. The maximum absolute atomic E-state index is 13.0. The van der Waals surface area contributed by atoms with Gasteiger partial charge >= 0.3 is 0 Å². The molecule has 3 heterocycles. The van der Waals surface area contributed by atoms with E-state index in [9.17, 15) is 9.59 Å². The molecule has 0 unspecified atom stereocenters. The molecular formula is C24H26N6O2. The third kappa shape index (κ3) is 5.08. The van der Waals surface area contributed by atoms with Crippen LogP contribution in [-0.4, -0.2) is 49.6 Å². The summed E-state index contributed by atoms with van der Waals surface area (Å²) in [5.74, 6) is 0.815. The van der Waals surface area contributed by atoms with Gasteiger partial charge in [0.25, 0.3) is 5.91 Å². The van der Waals surface area contributed by atoms with E-state index in [2.05, 4.69) is 22.0 Å². The molecule has 1 N–H and O–H groups in total. The molecule has 4 rings (SSSR count). The number of nitrogens with one attached hydrogen (secondary N) is 1. The van der Waals surface area contributed by atoms with Crippen LogP contribution in [-0.2, 0) is 18.3 Å². The zero-order valence-corrected chi connectivity index (χ0v) is 18.1. The highest BCUT2D eigenvalue weighted by Gasteiger charge is 2.25. The Morgan fingerprint density at radius 3 is 2.78 bits per heavy atom. The van der Waals surface area contributed by atoms with Crippen molar-refractivity contribution in [1.82, 2.24) is 24.6 Å². The van der Waals surface area contributed by atoms with Gasteiger partial charge in [0.1, 0.15) is 5.82 Å². The average Bonchev–Trinajstić information content (AvgIpc) is 3.26. The van der Waals surface area contributed by atoms with Crippen LogP contribution in [0.1, 0.15) is 29.0 Å². The summed E-state index contributed by atoms with van der Waals surface area (Å²) < 4.78 is 1.75. The second-order valence-electron chi connectivity index (χ2n) is 8.00. The Balaban J connectivity index is 1.39. The summed E-state index contributed by atoms with van der Waals surface area (Å²) >= 11 is 0. The van der Waals surface area contributed by atoms with Gasteiger partial charge in [0.05, 0.1) is 11.9 Å². The number of carbonyl (C=O) groups excluding carboxylic acids is 2. The van der Waals surface area contributed by atoms with Crippen LogP contribution in [0.5, 0.6) is 0 Å². The first-order valence-electron chi connectivity index (χ1n) is 10.7. The van der Waals surface area contributed by atoms with E-state index < -0.39 is 0 Å². The van der Waals surface area contributed by atoms with Crippen molar-refractivity contribution >= 4 is 17.5 Å². The highest BCUT2D eigenvalue weighted by atomic mass is 16.2. The van der Waals surface area contributed by atoms with Gasteiger partial charge < -0.3 is 10.2 Å². The minimum atomic E-state index is -0.280. The molecular weight excluding hydrogens is 404 g/mol. The Labute approximate surface area is 187 Å². The van der Waals surface area contributed by atoms with Crippen LogP contribution in [0.15, 0.2) is 61.6 Å². The van der Waals surface area contributed by atoms with Crippen LogP contribution in [0.3, 0.4) is 0 Å². The lowest BCUT2D eigenvalue weighted by Crippen LogP contribution is -2.40. The summed E-state index contributed by atoms with van der Waals surface area (Å²) in [6, 6.07) is 8.83. The predicted molar refractivity (Wildman–Crippen MR) is 122 cm³/mol. The van der Waals surface area contributed by atoms with E-state index in [0.717, 1.165) is 42.9 Å². The number of carbonyl (C=O) groups is 2. The van der Waals surface area contributed by atoms with E-state index in [4.69, 9.17) is 4.98 Å². The first-order chi connectivity index (χ1) is 15.5. The Morgan fingerprint density at radius 2 is 2.06 bits per heavy atom. The van der Waals surface area contributed by atoms with Gasteiger partial charge in [0.15, 0.2) is 0 Å². The Kier molecular flexibility index (Phi) is 6.39. The van der Waals surface area contributed by atoms with Crippen molar-refractivity contribution in [1.29, 1.82) is 0 Å². The fourth-order valence-corrected chi connectivity index (χ4v) is 3.96. The van der Waals surface area contributed by atoms with Gasteiger partial charge in [-0.3, -0.25) is 14.3 Å². The number of aryl methyl sites for hydroxylation is 1. The number of likely N-dealkylation sites (tertiary alicyclic amines) is 1.